The number of aryl methyl sites for hydroxylation is 1. The highest BCUT2D eigenvalue weighted by atomic mass is 35.5. The first kappa shape index (κ1) is 15.5. The van der Waals surface area contributed by atoms with Crippen molar-refractivity contribution in [3.8, 4) is 5.75 Å². The summed E-state index contributed by atoms with van der Waals surface area (Å²) < 4.78 is 5.14. The fraction of sp³-hybridized carbons (Fsp3) is 0.250. The van der Waals surface area contributed by atoms with E-state index < -0.39 is 0 Å². The van der Waals surface area contributed by atoms with Crippen LogP contribution in [0.4, 0.5) is 0 Å². The van der Waals surface area contributed by atoms with E-state index in [1.165, 1.54) is 16.7 Å². The predicted octanol–water partition coefficient (Wildman–Crippen LogP) is 0.297. The van der Waals surface area contributed by atoms with Crippen molar-refractivity contribution < 1.29 is 17.1 Å². The summed E-state index contributed by atoms with van der Waals surface area (Å²) >= 11 is 0. The van der Waals surface area contributed by atoms with Crippen LogP contribution in [0.3, 0.4) is 0 Å². The Kier molecular flexibility index (Phi) is 6.40. The second kappa shape index (κ2) is 7.82. The topological polar surface area (TPSA) is 21.3 Å². The molecule has 0 amide bonds. The van der Waals surface area contributed by atoms with Crippen LogP contribution in [0.1, 0.15) is 16.7 Å². The van der Waals surface area contributed by atoms with Gasteiger partial charge >= 0.3 is 0 Å². The molecule has 2 rings (SSSR count). The van der Waals surface area contributed by atoms with Crippen molar-refractivity contribution in [2.24, 2.45) is 0 Å². The van der Waals surface area contributed by atoms with Crippen LogP contribution in [0, 0.1) is 6.92 Å². The Morgan fingerprint density at radius 1 is 0.947 bits per heavy atom. The molecule has 19 heavy (non-hydrogen) atoms. The van der Waals surface area contributed by atoms with Crippen LogP contribution in [0.2, 0.25) is 0 Å². The van der Waals surface area contributed by atoms with Crippen molar-refractivity contribution in [3.63, 3.8) is 0 Å². The molecule has 0 saturated heterocycles. The molecule has 0 atom stereocenters. The first-order valence-corrected chi connectivity index (χ1v) is 6.18. The largest absolute Gasteiger partial charge is 1.00 e. The van der Waals surface area contributed by atoms with Crippen molar-refractivity contribution in [3.05, 3.63) is 65.2 Å². The Labute approximate surface area is 121 Å². The van der Waals surface area contributed by atoms with E-state index in [9.17, 15) is 0 Å². The van der Waals surface area contributed by atoms with Crippen LogP contribution >= 0.6 is 0 Å². The number of rotatable bonds is 5. The molecule has 2 aromatic rings. The Hall–Kier alpha value is -1.51. The Morgan fingerprint density at radius 3 is 2.26 bits per heavy atom. The van der Waals surface area contributed by atoms with Crippen LogP contribution in [-0.4, -0.2) is 7.11 Å². The average Bonchev–Trinajstić information content (AvgIpc) is 2.42. The van der Waals surface area contributed by atoms with E-state index >= 15 is 0 Å². The van der Waals surface area contributed by atoms with Gasteiger partial charge < -0.3 is 22.5 Å². The number of halogens is 1. The fourth-order valence-corrected chi connectivity index (χ4v) is 1.89. The van der Waals surface area contributed by atoms with Crippen LogP contribution in [-0.2, 0) is 13.1 Å². The molecule has 0 spiro atoms. The van der Waals surface area contributed by atoms with Crippen LogP contribution in [0.15, 0.2) is 48.5 Å². The van der Waals surface area contributed by atoms with E-state index in [1.54, 1.807) is 7.11 Å². The summed E-state index contributed by atoms with van der Waals surface area (Å²) in [6.07, 6.45) is 0. The third-order valence-corrected chi connectivity index (χ3v) is 3.06. The predicted molar refractivity (Wildman–Crippen MR) is 74.7 cm³/mol. The summed E-state index contributed by atoms with van der Waals surface area (Å²) in [7, 11) is 1.69. The van der Waals surface area contributed by atoms with Crippen molar-refractivity contribution >= 4 is 0 Å². The summed E-state index contributed by atoms with van der Waals surface area (Å²) in [6.45, 7) is 3.92. The summed E-state index contributed by atoms with van der Waals surface area (Å²) in [5, 5.41) is 3.46. The van der Waals surface area contributed by atoms with Crippen LogP contribution < -0.4 is 22.5 Å². The molecule has 102 valence electrons. The molecule has 0 saturated carbocycles. The molecule has 0 aliphatic carbocycles. The van der Waals surface area contributed by atoms with E-state index in [4.69, 9.17) is 4.74 Å². The van der Waals surface area contributed by atoms with Gasteiger partial charge in [-0.1, -0.05) is 36.4 Å². The van der Waals surface area contributed by atoms with E-state index in [0.717, 1.165) is 18.8 Å². The van der Waals surface area contributed by atoms with Crippen molar-refractivity contribution in [1.82, 2.24) is 5.32 Å². The Balaban J connectivity index is 0.00000180. The van der Waals surface area contributed by atoms with E-state index in [0.29, 0.717) is 0 Å². The highest BCUT2D eigenvalue weighted by Crippen LogP contribution is 2.11. The molecule has 0 fully saturated rings. The van der Waals surface area contributed by atoms with Gasteiger partial charge in [-0.05, 0) is 35.7 Å². The van der Waals surface area contributed by atoms with E-state index in [1.807, 2.05) is 12.1 Å². The summed E-state index contributed by atoms with van der Waals surface area (Å²) in [6, 6.07) is 16.6. The molecule has 2 nitrogen and oxygen atoms in total. The van der Waals surface area contributed by atoms with Gasteiger partial charge in [-0.3, -0.25) is 0 Å². The molecule has 2 aromatic carbocycles. The highest BCUT2D eigenvalue weighted by molar-refractivity contribution is 5.28. The van der Waals surface area contributed by atoms with Gasteiger partial charge in [0.1, 0.15) is 5.75 Å². The Bertz CT molecular complexity index is 496. The highest BCUT2D eigenvalue weighted by Gasteiger charge is 1.97. The van der Waals surface area contributed by atoms with Crippen LogP contribution in [0.5, 0.6) is 5.75 Å². The first-order chi connectivity index (χ1) is 8.79. The number of hydrogen-bond donors (Lipinski definition) is 1. The zero-order chi connectivity index (χ0) is 12.8. The maximum absolute atomic E-state index is 5.14. The number of benzene rings is 2. The molecule has 0 aliphatic rings. The van der Waals surface area contributed by atoms with Gasteiger partial charge in [0.2, 0.25) is 0 Å². The van der Waals surface area contributed by atoms with Crippen molar-refractivity contribution in [1.29, 1.82) is 0 Å². The minimum Gasteiger partial charge on any atom is -1.00 e. The summed E-state index contributed by atoms with van der Waals surface area (Å²) in [4.78, 5) is 0. The SMILES string of the molecule is COc1ccc(CNCc2ccccc2C)cc1.[Cl-]. The zero-order valence-corrected chi connectivity index (χ0v) is 12.1. The van der Waals surface area contributed by atoms with Gasteiger partial charge in [-0.2, -0.15) is 0 Å². The quantitative estimate of drug-likeness (QED) is 0.848. The summed E-state index contributed by atoms with van der Waals surface area (Å²) in [5.41, 5.74) is 3.95. The average molecular weight is 277 g/mol. The molecule has 0 heterocycles. The number of ether oxygens (including phenoxy) is 1. The third kappa shape index (κ3) is 4.58. The van der Waals surface area contributed by atoms with Gasteiger partial charge in [-0.25, -0.2) is 0 Å². The van der Waals surface area contributed by atoms with Gasteiger partial charge in [0.25, 0.3) is 0 Å². The second-order valence-corrected chi connectivity index (χ2v) is 4.38. The minimum absolute atomic E-state index is 0. The molecule has 0 unspecified atom stereocenters. The molecule has 1 N–H and O–H groups in total. The lowest BCUT2D eigenvalue weighted by Crippen LogP contribution is -3.00. The van der Waals surface area contributed by atoms with Crippen LogP contribution in [0.25, 0.3) is 0 Å². The molecule has 0 bridgehead atoms. The second-order valence-electron chi connectivity index (χ2n) is 4.38. The standard InChI is InChI=1S/C16H19NO.ClH/c1-13-5-3-4-6-15(13)12-17-11-14-7-9-16(18-2)10-8-14;/h3-10,17H,11-12H2,1-2H3;1H/p-1. The maximum Gasteiger partial charge on any atom is 0.118 e. The summed E-state index contributed by atoms with van der Waals surface area (Å²) in [5.74, 6) is 0.901. The van der Waals surface area contributed by atoms with Gasteiger partial charge in [-0.15, -0.1) is 0 Å². The Morgan fingerprint density at radius 2 is 1.63 bits per heavy atom. The molecule has 0 aliphatic heterocycles. The first-order valence-electron chi connectivity index (χ1n) is 6.18. The molecule has 3 heteroatoms. The zero-order valence-electron chi connectivity index (χ0n) is 11.3. The van der Waals surface area contributed by atoms with E-state index in [-0.39, 0.29) is 12.4 Å². The lowest BCUT2D eigenvalue weighted by atomic mass is 10.1. The van der Waals surface area contributed by atoms with E-state index in [2.05, 4.69) is 48.6 Å². The lowest BCUT2D eigenvalue weighted by Gasteiger charge is -2.08. The molecular formula is C16H19ClNO-. The molecule has 0 radical (unpaired) electrons. The molecular weight excluding hydrogens is 258 g/mol. The van der Waals surface area contributed by atoms with Crippen molar-refractivity contribution in [2.45, 2.75) is 20.0 Å². The third-order valence-electron chi connectivity index (χ3n) is 3.06. The number of nitrogens with one attached hydrogen (secondary N) is 1. The van der Waals surface area contributed by atoms with Gasteiger partial charge in [0.15, 0.2) is 0 Å². The number of methoxy groups -OCH3 is 1. The van der Waals surface area contributed by atoms with Gasteiger partial charge in [0.05, 0.1) is 7.11 Å². The lowest BCUT2D eigenvalue weighted by molar-refractivity contribution is -0.00000407. The minimum atomic E-state index is 0. The van der Waals surface area contributed by atoms with Crippen molar-refractivity contribution in [2.75, 3.05) is 7.11 Å². The number of hydrogen-bond acceptors (Lipinski definition) is 2. The maximum atomic E-state index is 5.14. The smallest absolute Gasteiger partial charge is 0.118 e. The normalized spacial score (nSPS) is 9.79. The van der Waals surface area contributed by atoms with Gasteiger partial charge in [0, 0.05) is 13.1 Å². The molecule has 0 aromatic heterocycles. The fourth-order valence-electron chi connectivity index (χ4n) is 1.89. The monoisotopic (exact) mass is 276 g/mol.